The van der Waals surface area contributed by atoms with Gasteiger partial charge in [-0.3, -0.25) is 14.9 Å². The van der Waals surface area contributed by atoms with Gasteiger partial charge in [-0.05, 0) is 6.92 Å². The number of hydrogen-bond donors (Lipinski definition) is 0. The molecule has 0 aliphatic heterocycles. The highest BCUT2D eigenvalue weighted by Crippen LogP contribution is 1.94. The predicted octanol–water partition coefficient (Wildman–Crippen LogP) is 0.631. The molecule has 0 amide bonds. The fourth-order valence-electron chi connectivity index (χ4n) is 0.491. The number of Topliss-reactive ketones (excluding diaryl/α,β-unsaturated/α-hetero) is 1. The first-order valence-corrected chi connectivity index (χ1v) is 2.67. The van der Waals surface area contributed by atoms with Crippen molar-refractivity contribution in [2.75, 3.05) is 0 Å². The second-order valence-electron chi connectivity index (χ2n) is 2.04. The summed E-state index contributed by atoms with van der Waals surface area (Å²) < 4.78 is 0. The van der Waals surface area contributed by atoms with E-state index < -0.39 is 11.0 Å². The lowest BCUT2D eigenvalue weighted by Gasteiger charge is -1.97. The largest absolute Gasteiger partial charge is 0.300 e. The van der Waals surface area contributed by atoms with Crippen molar-refractivity contribution in [3.8, 4) is 0 Å². The van der Waals surface area contributed by atoms with E-state index in [0.717, 1.165) is 0 Å². The summed E-state index contributed by atoms with van der Waals surface area (Å²) >= 11 is 0. The van der Waals surface area contributed by atoms with E-state index in [0.29, 0.717) is 0 Å². The lowest BCUT2D eigenvalue weighted by molar-refractivity contribution is -0.516. The number of ketones is 1. The van der Waals surface area contributed by atoms with Gasteiger partial charge in [0.1, 0.15) is 5.78 Å². The average molecular weight is 131 g/mol. The minimum Gasteiger partial charge on any atom is -0.300 e. The first-order valence-electron chi connectivity index (χ1n) is 2.67. The lowest BCUT2D eigenvalue weighted by Crippen LogP contribution is -2.17. The van der Waals surface area contributed by atoms with E-state index in [4.69, 9.17) is 0 Å². The molecule has 0 aromatic carbocycles. The van der Waals surface area contributed by atoms with Gasteiger partial charge in [-0.25, -0.2) is 0 Å². The highest BCUT2D eigenvalue weighted by atomic mass is 16.6. The smallest absolute Gasteiger partial charge is 0.217 e. The number of carbonyl (C=O) groups is 1. The van der Waals surface area contributed by atoms with Crippen LogP contribution in [0.5, 0.6) is 0 Å². The van der Waals surface area contributed by atoms with Crippen molar-refractivity contribution in [3.05, 3.63) is 10.1 Å². The van der Waals surface area contributed by atoms with Crippen molar-refractivity contribution in [3.63, 3.8) is 0 Å². The van der Waals surface area contributed by atoms with Gasteiger partial charge in [-0.1, -0.05) is 0 Å². The van der Waals surface area contributed by atoms with E-state index in [1.807, 2.05) is 0 Å². The molecule has 0 aromatic heterocycles. The van der Waals surface area contributed by atoms with E-state index in [1.54, 1.807) is 0 Å². The van der Waals surface area contributed by atoms with Gasteiger partial charge >= 0.3 is 0 Å². The Morgan fingerprint density at radius 3 is 2.33 bits per heavy atom. The molecule has 0 saturated carbocycles. The Bertz CT molecular complexity index is 132. The Labute approximate surface area is 53.0 Å². The van der Waals surface area contributed by atoms with Gasteiger partial charge < -0.3 is 0 Å². The van der Waals surface area contributed by atoms with Crippen molar-refractivity contribution in [1.82, 2.24) is 0 Å². The highest BCUT2D eigenvalue weighted by Gasteiger charge is 2.13. The first-order chi connectivity index (χ1) is 4.04. The van der Waals surface area contributed by atoms with Gasteiger partial charge in [0.25, 0.3) is 0 Å². The molecule has 0 heterocycles. The molecule has 0 saturated heterocycles. The molecule has 0 radical (unpaired) electrons. The molecule has 0 N–H and O–H groups in total. The molecule has 1 unspecified atom stereocenters. The number of carbonyl (C=O) groups excluding carboxylic acids is 1. The Hall–Kier alpha value is -0.930. The van der Waals surface area contributed by atoms with Crippen LogP contribution in [0.4, 0.5) is 0 Å². The summed E-state index contributed by atoms with van der Waals surface area (Å²) in [5, 5.41) is 9.89. The van der Waals surface area contributed by atoms with Crippen LogP contribution >= 0.6 is 0 Å². The maximum Gasteiger partial charge on any atom is 0.217 e. The van der Waals surface area contributed by atoms with Gasteiger partial charge in [0.2, 0.25) is 6.04 Å². The molecule has 0 spiro atoms. The van der Waals surface area contributed by atoms with Crippen LogP contribution in [-0.2, 0) is 4.79 Å². The zero-order valence-electron chi connectivity index (χ0n) is 5.46. The van der Waals surface area contributed by atoms with Crippen molar-refractivity contribution in [2.24, 2.45) is 0 Å². The third-order valence-electron chi connectivity index (χ3n) is 0.943. The fourth-order valence-corrected chi connectivity index (χ4v) is 0.491. The van der Waals surface area contributed by atoms with Gasteiger partial charge in [-0.15, -0.1) is 0 Å². The van der Waals surface area contributed by atoms with E-state index in [2.05, 4.69) is 0 Å². The zero-order chi connectivity index (χ0) is 7.44. The summed E-state index contributed by atoms with van der Waals surface area (Å²) in [6.07, 6.45) is 0.0347. The average Bonchev–Trinajstić information content (AvgIpc) is 1.63. The van der Waals surface area contributed by atoms with E-state index >= 15 is 0 Å². The van der Waals surface area contributed by atoms with Crippen LogP contribution in [0.25, 0.3) is 0 Å². The van der Waals surface area contributed by atoms with Crippen molar-refractivity contribution >= 4 is 5.78 Å². The number of hydrogen-bond acceptors (Lipinski definition) is 3. The summed E-state index contributed by atoms with van der Waals surface area (Å²) in [5.41, 5.74) is 0. The minimum absolute atomic E-state index is 0.0347. The maximum atomic E-state index is 10.3. The van der Waals surface area contributed by atoms with Crippen molar-refractivity contribution in [2.45, 2.75) is 26.3 Å². The topological polar surface area (TPSA) is 60.2 Å². The molecule has 0 fully saturated rings. The molecule has 0 aliphatic rings. The lowest BCUT2D eigenvalue weighted by atomic mass is 10.2. The molecule has 1 atom stereocenters. The Balaban J connectivity index is 3.63. The molecule has 52 valence electrons. The van der Waals surface area contributed by atoms with Crippen molar-refractivity contribution in [1.29, 1.82) is 0 Å². The summed E-state index contributed by atoms with van der Waals surface area (Å²) in [7, 11) is 0. The van der Waals surface area contributed by atoms with Crippen LogP contribution in [0.1, 0.15) is 20.3 Å². The third-order valence-corrected chi connectivity index (χ3v) is 0.943. The van der Waals surface area contributed by atoms with Crippen LogP contribution in [0.15, 0.2) is 0 Å². The van der Waals surface area contributed by atoms with Crippen LogP contribution in [-0.4, -0.2) is 16.7 Å². The summed E-state index contributed by atoms with van der Waals surface area (Å²) in [5.74, 6) is -0.140. The monoisotopic (exact) mass is 131 g/mol. The number of rotatable bonds is 3. The molecule has 0 rings (SSSR count). The highest BCUT2D eigenvalue weighted by molar-refractivity contribution is 5.75. The van der Waals surface area contributed by atoms with E-state index in [-0.39, 0.29) is 12.2 Å². The van der Waals surface area contributed by atoms with Crippen LogP contribution in [0, 0.1) is 10.1 Å². The zero-order valence-corrected chi connectivity index (χ0v) is 5.46. The third kappa shape index (κ3) is 3.64. The molecule has 4 nitrogen and oxygen atoms in total. The number of nitrogens with zero attached hydrogens (tertiary/aromatic N) is 1. The second kappa shape index (κ2) is 3.17. The van der Waals surface area contributed by atoms with Crippen LogP contribution in [0.3, 0.4) is 0 Å². The van der Waals surface area contributed by atoms with Gasteiger partial charge in [0, 0.05) is 11.8 Å². The normalized spacial score (nSPS) is 12.7. The van der Waals surface area contributed by atoms with Crippen molar-refractivity contribution < 1.29 is 9.72 Å². The standard InChI is InChI=1S/C5H9NO3/c1-4(6(8)9)3-5(2)7/h4H,3H2,1-2H3. The first kappa shape index (κ1) is 8.07. The predicted molar refractivity (Wildman–Crippen MR) is 31.8 cm³/mol. The van der Waals surface area contributed by atoms with E-state index in [1.165, 1.54) is 13.8 Å². The molecular formula is C5H9NO3. The summed E-state index contributed by atoms with van der Waals surface area (Å²) in [4.78, 5) is 19.7. The quantitative estimate of drug-likeness (QED) is 0.417. The van der Waals surface area contributed by atoms with Crippen LogP contribution < -0.4 is 0 Å². The minimum atomic E-state index is -0.734. The summed E-state index contributed by atoms with van der Waals surface area (Å²) in [6, 6.07) is -0.734. The Morgan fingerprint density at radius 1 is 1.78 bits per heavy atom. The van der Waals surface area contributed by atoms with E-state index in [9.17, 15) is 14.9 Å². The summed E-state index contributed by atoms with van der Waals surface area (Å²) in [6.45, 7) is 2.77. The number of nitro groups is 1. The van der Waals surface area contributed by atoms with Gasteiger partial charge in [0.05, 0.1) is 6.42 Å². The maximum absolute atomic E-state index is 10.3. The molecule has 4 heteroatoms. The second-order valence-corrected chi connectivity index (χ2v) is 2.04. The SMILES string of the molecule is CC(=O)CC(C)[N+](=O)[O-]. The molecule has 9 heavy (non-hydrogen) atoms. The molecule has 0 aliphatic carbocycles. The Kier molecular flexibility index (Phi) is 2.84. The molecule has 0 aromatic rings. The molecular weight excluding hydrogens is 122 g/mol. The van der Waals surface area contributed by atoms with Gasteiger partial charge in [-0.2, -0.15) is 0 Å². The van der Waals surface area contributed by atoms with Gasteiger partial charge in [0.15, 0.2) is 0 Å². The fraction of sp³-hybridized carbons (Fsp3) is 0.800. The van der Waals surface area contributed by atoms with Crippen LogP contribution in [0.2, 0.25) is 0 Å². The molecule has 0 bridgehead atoms. The Morgan fingerprint density at radius 2 is 2.22 bits per heavy atom.